The highest BCUT2D eigenvalue weighted by atomic mass is 16.5. The number of ether oxygens (including phenoxy) is 1. The number of hydrogen-bond acceptors (Lipinski definition) is 3. The van der Waals surface area contributed by atoms with Gasteiger partial charge in [-0.25, -0.2) is 0 Å². The van der Waals surface area contributed by atoms with Crippen LogP contribution in [0.15, 0.2) is 66.7 Å². The summed E-state index contributed by atoms with van der Waals surface area (Å²) in [7, 11) is 0. The summed E-state index contributed by atoms with van der Waals surface area (Å²) in [4.78, 5) is 14.9. The molecular formula is C27H30N2O2. The predicted octanol–water partition coefficient (Wildman–Crippen LogP) is 4.59. The Labute approximate surface area is 184 Å². The van der Waals surface area contributed by atoms with Gasteiger partial charge >= 0.3 is 0 Å². The fraction of sp³-hybridized carbons (Fsp3) is 0.370. The zero-order valence-electron chi connectivity index (χ0n) is 18.1. The van der Waals surface area contributed by atoms with Crippen LogP contribution in [0.1, 0.15) is 30.5 Å². The number of fused-ring (bicyclic) bond motifs is 2. The van der Waals surface area contributed by atoms with Crippen molar-refractivity contribution in [3.8, 4) is 5.75 Å². The molecule has 1 aliphatic heterocycles. The summed E-state index contributed by atoms with van der Waals surface area (Å²) in [6.45, 7) is 5.25. The minimum absolute atomic E-state index is 0.194. The molecule has 0 saturated heterocycles. The SMILES string of the molecule is CC1CC1C(=O)NCC1c2ccccc2CCN1CCOc1cccc2ccccc12. The summed E-state index contributed by atoms with van der Waals surface area (Å²) in [6, 6.07) is 23.4. The van der Waals surface area contributed by atoms with Crippen LogP contribution in [0.4, 0.5) is 0 Å². The molecule has 0 aromatic heterocycles. The van der Waals surface area contributed by atoms with Crippen molar-refractivity contribution in [3.63, 3.8) is 0 Å². The molecule has 1 aliphatic carbocycles. The van der Waals surface area contributed by atoms with Gasteiger partial charge in [0.25, 0.3) is 0 Å². The normalized spacial score (nSPS) is 22.7. The lowest BCUT2D eigenvalue weighted by atomic mass is 9.92. The third-order valence-corrected chi connectivity index (χ3v) is 6.82. The number of carbonyl (C=O) groups excluding carboxylic acids is 1. The lowest BCUT2D eigenvalue weighted by Gasteiger charge is -2.37. The minimum atomic E-state index is 0.194. The summed E-state index contributed by atoms with van der Waals surface area (Å²) in [5.74, 6) is 1.89. The molecule has 0 spiro atoms. The maximum Gasteiger partial charge on any atom is 0.223 e. The maximum atomic E-state index is 12.4. The summed E-state index contributed by atoms with van der Waals surface area (Å²) in [6.07, 6.45) is 2.06. The smallest absolute Gasteiger partial charge is 0.223 e. The van der Waals surface area contributed by atoms with E-state index in [1.807, 2.05) is 12.1 Å². The van der Waals surface area contributed by atoms with Crippen LogP contribution < -0.4 is 10.1 Å². The predicted molar refractivity (Wildman–Crippen MR) is 124 cm³/mol. The Kier molecular flexibility index (Phi) is 5.65. The molecule has 3 unspecified atom stereocenters. The highest BCUT2D eigenvalue weighted by Crippen LogP contribution is 2.38. The summed E-state index contributed by atoms with van der Waals surface area (Å²) >= 11 is 0. The first-order valence-corrected chi connectivity index (χ1v) is 11.4. The molecule has 1 saturated carbocycles. The number of carbonyl (C=O) groups is 1. The Morgan fingerprint density at radius 3 is 2.71 bits per heavy atom. The number of amides is 1. The lowest BCUT2D eigenvalue weighted by molar-refractivity contribution is -0.122. The van der Waals surface area contributed by atoms with Crippen molar-refractivity contribution in [2.75, 3.05) is 26.2 Å². The van der Waals surface area contributed by atoms with Gasteiger partial charge in [0.15, 0.2) is 0 Å². The van der Waals surface area contributed by atoms with Crippen molar-refractivity contribution < 1.29 is 9.53 Å². The van der Waals surface area contributed by atoms with Crippen molar-refractivity contribution in [2.45, 2.75) is 25.8 Å². The van der Waals surface area contributed by atoms with Gasteiger partial charge in [0.1, 0.15) is 12.4 Å². The zero-order valence-corrected chi connectivity index (χ0v) is 18.1. The van der Waals surface area contributed by atoms with Crippen LogP contribution in [0, 0.1) is 11.8 Å². The first-order chi connectivity index (χ1) is 15.2. The monoisotopic (exact) mass is 414 g/mol. The number of nitrogens with one attached hydrogen (secondary N) is 1. The van der Waals surface area contributed by atoms with Crippen LogP contribution in [0.5, 0.6) is 5.75 Å². The topological polar surface area (TPSA) is 41.6 Å². The summed E-state index contributed by atoms with van der Waals surface area (Å²) < 4.78 is 6.22. The van der Waals surface area contributed by atoms with E-state index in [2.05, 4.69) is 71.7 Å². The summed E-state index contributed by atoms with van der Waals surface area (Å²) in [5.41, 5.74) is 2.73. The van der Waals surface area contributed by atoms with E-state index in [0.717, 1.165) is 37.1 Å². The zero-order chi connectivity index (χ0) is 21.2. The Morgan fingerprint density at radius 2 is 1.84 bits per heavy atom. The van der Waals surface area contributed by atoms with Gasteiger partial charge in [-0.2, -0.15) is 0 Å². The molecule has 4 heteroatoms. The van der Waals surface area contributed by atoms with E-state index in [1.54, 1.807) is 0 Å². The Bertz CT molecular complexity index is 1070. The van der Waals surface area contributed by atoms with Gasteiger partial charge in [-0.05, 0) is 41.3 Å². The summed E-state index contributed by atoms with van der Waals surface area (Å²) in [5, 5.41) is 5.57. The van der Waals surface area contributed by atoms with E-state index in [4.69, 9.17) is 4.74 Å². The van der Waals surface area contributed by atoms with Gasteiger partial charge < -0.3 is 10.1 Å². The molecule has 0 bridgehead atoms. The van der Waals surface area contributed by atoms with E-state index in [-0.39, 0.29) is 17.9 Å². The number of rotatable bonds is 7. The third kappa shape index (κ3) is 4.31. The molecule has 1 N–H and O–H groups in total. The van der Waals surface area contributed by atoms with Crippen LogP contribution >= 0.6 is 0 Å². The van der Waals surface area contributed by atoms with E-state index in [9.17, 15) is 4.79 Å². The molecule has 0 radical (unpaired) electrons. The second-order valence-electron chi connectivity index (χ2n) is 8.89. The average molecular weight is 415 g/mol. The van der Waals surface area contributed by atoms with Crippen molar-refractivity contribution >= 4 is 16.7 Å². The van der Waals surface area contributed by atoms with Gasteiger partial charge in [-0.1, -0.05) is 67.6 Å². The van der Waals surface area contributed by atoms with E-state index < -0.39 is 0 Å². The van der Waals surface area contributed by atoms with Gasteiger partial charge in [0, 0.05) is 30.9 Å². The molecule has 1 fully saturated rings. The number of hydrogen-bond donors (Lipinski definition) is 1. The molecule has 31 heavy (non-hydrogen) atoms. The van der Waals surface area contributed by atoms with Crippen LogP contribution in [-0.4, -0.2) is 37.0 Å². The van der Waals surface area contributed by atoms with Crippen LogP contribution in [-0.2, 0) is 11.2 Å². The fourth-order valence-electron chi connectivity index (χ4n) is 4.82. The first kappa shape index (κ1) is 20.1. The molecule has 3 aromatic rings. The Morgan fingerprint density at radius 1 is 1.06 bits per heavy atom. The van der Waals surface area contributed by atoms with Gasteiger partial charge in [-0.15, -0.1) is 0 Å². The van der Waals surface area contributed by atoms with E-state index in [1.165, 1.54) is 16.5 Å². The van der Waals surface area contributed by atoms with Crippen LogP contribution in [0.25, 0.3) is 10.8 Å². The molecule has 1 heterocycles. The van der Waals surface area contributed by atoms with Crippen molar-refractivity contribution in [1.29, 1.82) is 0 Å². The highest BCUT2D eigenvalue weighted by molar-refractivity contribution is 5.88. The lowest BCUT2D eigenvalue weighted by Crippen LogP contribution is -2.44. The van der Waals surface area contributed by atoms with Gasteiger partial charge in [0.05, 0.1) is 6.04 Å². The fourth-order valence-corrected chi connectivity index (χ4v) is 4.82. The molecule has 2 aliphatic rings. The minimum Gasteiger partial charge on any atom is -0.492 e. The molecule has 160 valence electrons. The first-order valence-electron chi connectivity index (χ1n) is 11.4. The van der Waals surface area contributed by atoms with Crippen LogP contribution in [0.2, 0.25) is 0 Å². The largest absolute Gasteiger partial charge is 0.492 e. The third-order valence-electron chi connectivity index (χ3n) is 6.82. The number of benzene rings is 3. The number of nitrogens with zero attached hydrogens (tertiary/aromatic N) is 1. The molecular weight excluding hydrogens is 384 g/mol. The quantitative estimate of drug-likeness (QED) is 0.615. The van der Waals surface area contributed by atoms with Gasteiger partial charge in [0.2, 0.25) is 5.91 Å². The Balaban J connectivity index is 1.27. The van der Waals surface area contributed by atoms with Gasteiger partial charge in [-0.3, -0.25) is 9.69 Å². The van der Waals surface area contributed by atoms with Crippen molar-refractivity contribution in [2.24, 2.45) is 11.8 Å². The van der Waals surface area contributed by atoms with E-state index >= 15 is 0 Å². The van der Waals surface area contributed by atoms with Crippen molar-refractivity contribution in [1.82, 2.24) is 10.2 Å². The molecule has 3 aromatic carbocycles. The van der Waals surface area contributed by atoms with Crippen LogP contribution in [0.3, 0.4) is 0 Å². The second kappa shape index (κ2) is 8.72. The molecule has 3 atom stereocenters. The Hall–Kier alpha value is -2.85. The molecule has 1 amide bonds. The second-order valence-corrected chi connectivity index (χ2v) is 8.89. The molecule has 5 rings (SSSR count). The average Bonchev–Trinajstić information content (AvgIpc) is 3.54. The maximum absolute atomic E-state index is 12.4. The highest BCUT2D eigenvalue weighted by Gasteiger charge is 2.39. The van der Waals surface area contributed by atoms with Crippen molar-refractivity contribution in [3.05, 3.63) is 77.9 Å². The molecule has 4 nitrogen and oxygen atoms in total. The standard InChI is InChI=1S/C27H30N2O2/c1-19-17-24(19)27(30)28-18-25-22-10-4-2-8-21(22)13-14-29(25)15-16-31-26-12-6-9-20-7-3-5-11-23(20)26/h2-12,19,24-25H,13-18H2,1H3,(H,28,30). The van der Waals surface area contributed by atoms with E-state index in [0.29, 0.717) is 19.1 Å².